The van der Waals surface area contributed by atoms with Crippen LogP contribution in [0.25, 0.3) is 11.0 Å². The van der Waals surface area contributed by atoms with E-state index in [1.54, 1.807) is 0 Å². The molecule has 4 heteroatoms. The molecule has 1 atom stereocenters. The molecule has 0 spiro atoms. The Morgan fingerprint density at radius 3 is 2.40 bits per heavy atom. The van der Waals surface area contributed by atoms with Crippen molar-refractivity contribution in [1.29, 1.82) is 0 Å². The Bertz CT molecular complexity index is 697. The van der Waals surface area contributed by atoms with Crippen LogP contribution in [0.4, 0.5) is 5.95 Å². The van der Waals surface area contributed by atoms with E-state index in [1.807, 2.05) is 30.3 Å². The Balaban J connectivity index is 1.72. The molecule has 3 aromatic rings. The predicted molar refractivity (Wildman–Crippen MR) is 80.6 cm³/mol. The lowest BCUT2D eigenvalue weighted by atomic mass is 10.1. The van der Waals surface area contributed by atoms with Gasteiger partial charge in [-0.15, -0.1) is 10.2 Å². The van der Waals surface area contributed by atoms with Gasteiger partial charge in [0, 0.05) is 6.04 Å². The molecule has 4 nitrogen and oxygen atoms in total. The number of anilines is 1. The minimum atomic E-state index is 0.250. The summed E-state index contributed by atoms with van der Waals surface area (Å²) < 4.78 is 0. The number of fused-ring (bicyclic) bond motifs is 1. The lowest BCUT2D eigenvalue weighted by molar-refractivity contribution is 0.772. The number of nitrogens with zero attached hydrogens (tertiary/aromatic N) is 3. The highest BCUT2D eigenvalue weighted by Gasteiger charge is 2.06. The van der Waals surface area contributed by atoms with Crippen molar-refractivity contribution in [3.63, 3.8) is 0 Å². The van der Waals surface area contributed by atoms with Crippen LogP contribution in [0.15, 0.2) is 54.6 Å². The Morgan fingerprint density at radius 2 is 1.60 bits per heavy atom. The molecule has 0 saturated carbocycles. The Morgan fingerprint density at radius 1 is 0.900 bits per heavy atom. The van der Waals surface area contributed by atoms with Crippen LogP contribution in [-0.4, -0.2) is 21.2 Å². The molecular weight excluding hydrogens is 248 g/mol. The van der Waals surface area contributed by atoms with E-state index in [0.717, 1.165) is 17.5 Å². The summed E-state index contributed by atoms with van der Waals surface area (Å²) in [6.45, 7) is 2.12. The fourth-order valence-corrected chi connectivity index (χ4v) is 2.18. The summed E-state index contributed by atoms with van der Waals surface area (Å²) in [5, 5.41) is 11.6. The molecule has 0 aliphatic rings. The molecule has 1 aromatic heterocycles. The summed E-state index contributed by atoms with van der Waals surface area (Å²) in [5.74, 6) is 0.576. The number of benzene rings is 2. The third-order valence-electron chi connectivity index (χ3n) is 3.12. The van der Waals surface area contributed by atoms with Gasteiger partial charge in [-0.2, -0.15) is 0 Å². The highest BCUT2D eigenvalue weighted by Crippen LogP contribution is 2.11. The van der Waals surface area contributed by atoms with Gasteiger partial charge >= 0.3 is 0 Å². The molecule has 0 fully saturated rings. The van der Waals surface area contributed by atoms with E-state index >= 15 is 0 Å². The molecule has 0 saturated heterocycles. The van der Waals surface area contributed by atoms with Gasteiger partial charge in [0.2, 0.25) is 5.95 Å². The van der Waals surface area contributed by atoms with Gasteiger partial charge in [0.15, 0.2) is 0 Å². The molecule has 0 amide bonds. The van der Waals surface area contributed by atoms with Crippen molar-refractivity contribution in [2.45, 2.75) is 19.4 Å². The quantitative estimate of drug-likeness (QED) is 0.786. The molecular formula is C16H16N4. The Hall–Kier alpha value is -2.49. The maximum Gasteiger partial charge on any atom is 0.243 e. The second-order valence-electron chi connectivity index (χ2n) is 4.86. The molecule has 100 valence electrons. The zero-order chi connectivity index (χ0) is 13.8. The number of aromatic nitrogens is 3. The van der Waals surface area contributed by atoms with Crippen LogP contribution < -0.4 is 5.32 Å². The van der Waals surface area contributed by atoms with Gasteiger partial charge in [-0.3, -0.25) is 0 Å². The minimum absolute atomic E-state index is 0.250. The third kappa shape index (κ3) is 2.91. The predicted octanol–water partition coefficient (Wildman–Crippen LogP) is 3.07. The normalized spacial score (nSPS) is 12.2. The number of nitrogens with one attached hydrogen (secondary N) is 1. The van der Waals surface area contributed by atoms with Gasteiger partial charge in [-0.1, -0.05) is 42.5 Å². The van der Waals surface area contributed by atoms with Crippen LogP contribution in [-0.2, 0) is 6.42 Å². The molecule has 0 bridgehead atoms. The van der Waals surface area contributed by atoms with E-state index < -0.39 is 0 Å². The standard InChI is InChI=1S/C16H16N4/c1-12(11-13-7-3-2-4-8-13)17-16-18-14-9-5-6-10-15(14)19-20-16/h2-10,12H,11H2,1H3,(H,17,18,20). The molecule has 1 N–H and O–H groups in total. The smallest absolute Gasteiger partial charge is 0.243 e. The molecule has 1 heterocycles. The van der Waals surface area contributed by atoms with Crippen molar-refractivity contribution in [3.8, 4) is 0 Å². The number of rotatable bonds is 4. The first-order valence-electron chi connectivity index (χ1n) is 6.71. The highest BCUT2D eigenvalue weighted by molar-refractivity contribution is 5.74. The maximum absolute atomic E-state index is 4.47. The monoisotopic (exact) mass is 264 g/mol. The average Bonchev–Trinajstić information content (AvgIpc) is 2.48. The van der Waals surface area contributed by atoms with E-state index in [0.29, 0.717) is 5.95 Å². The van der Waals surface area contributed by atoms with Crippen molar-refractivity contribution in [1.82, 2.24) is 15.2 Å². The highest BCUT2D eigenvalue weighted by atomic mass is 15.2. The summed E-state index contributed by atoms with van der Waals surface area (Å²) in [5.41, 5.74) is 2.96. The zero-order valence-electron chi connectivity index (χ0n) is 11.3. The fourth-order valence-electron chi connectivity index (χ4n) is 2.18. The first kappa shape index (κ1) is 12.5. The van der Waals surface area contributed by atoms with E-state index in [1.165, 1.54) is 5.56 Å². The molecule has 20 heavy (non-hydrogen) atoms. The lowest BCUT2D eigenvalue weighted by Gasteiger charge is -2.13. The fraction of sp³-hybridized carbons (Fsp3) is 0.188. The first-order valence-corrected chi connectivity index (χ1v) is 6.71. The summed E-state index contributed by atoms with van der Waals surface area (Å²) in [4.78, 5) is 4.47. The molecule has 0 aliphatic carbocycles. The molecule has 0 aliphatic heterocycles. The Labute approximate surface area is 117 Å². The first-order chi connectivity index (χ1) is 9.81. The van der Waals surface area contributed by atoms with Crippen molar-refractivity contribution in [2.24, 2.45) is 0 Å². The number of hydrogen-bond donors (Lipinski definition) is 1. The van der Waals surface area contributed by atoms with Gasteiger partial charge in [0.1, 0.15) is 5.52 Å². The maximum atomic E-state index is 4.47. The molecule has 0 radical (unpaired) electrons. The van der Waals surface area contributed by atoms with Crippen molar-refractivity contribution in [2.75, 3.05) is 5.32 Å². The van der Waals surface area contributed by atoms with Gasteiger partial charge in [-0.25, -0.2) is 4.98 Å². The number of hydrogen-bond acceptors (Lipinski definition) is 4. The van der Waals surface area contributed by atoms with Crippen molar-refractivity contribution >= 4 is 17.0 Å². The second kappa shape index (κ2) is 5.65. The van der Waals surface area contributed by atoms with Crippen LogP contribution in [0.3, 0.4) is 0 Å². The molecule has 1 unspecified atom stereocenters. The van der Waals surface area contributed by atoms with Crippen molar-refractivity contribution < 1.29 is 0 Å². The lowest BCUT2D eigenvalue weighted by Crippen LogP contribution is -2.20. The van der Waals surface area contributed by atoms with Crippen LogP contribution in [0.2, 0.25) is 0 Å². The van der Waals surface area contributed by atoms with Crippen molar-refractivity contribution in [3.05, 3.63) is 60.2 Å². The van der Waals surface area contributed by atoms with E-state index in [4.69, 9.17) is 0 Å². The molecule has 2 aromatic carbocycles. The topological polar surface area (TPSA) is 50.7 Å². The SMILES string of the molecule is CC(Cc1ccccc1)Nc1nnc2ccccc2n1. The Kier molecular flexibility index (Phi) is 3.54. The van der Waals surface area contributed by atoms with Gasteiger partial charge in [0.25, 0.3) is 0 Å². The van der Waals surface area contributed by atoms with Crippen LogP contribution >= 0.6 is 0 Å². The minimum Gasteiger partial charge on any atom is -0.350 e. The summed E-state index contributed by atoms with van der Waals surface area (Å²) in [7, 11) is 0. The third-order valence-corrected chi connectivity index (χ3v) is 3.12. The van der Waals surface area contributed by atoms with Gasteiger partial charge in [0.05, 0.1) is 5.52 Å². The van der Waals surface area contributed by atoms with Crippen LogP contribution in [0.5, 0.6) is 0 Å². The van der Waals surface area contributed by atoms with E-state index in [-0.39, 0.29) is 6.04 Å². The zero-order valence-corrected chi connectivity index (χ0v) is 11.3. The summed E-state index contributed by atoms with van der Waals surface area (Å²) in [6, 6.07) is 18.4. The van der Waals surface area contributed by atoms with Gasteiger partial charge in [-0.05, 0) is 31.0 Å². The second-order valence-corrected chi connectivity index (χ2v) is 4.86. The van der Waals surface area contributed by atoms with Gasteiger partial charge < -0.3 is 5.32 Å². The van der Waals surface area contributed by atoms with Crippen LogP contribution in [0.1, 0.15) is 12.5 Å². The summed E-state index contributed by atoms with van der Waals surface area (Å²) in [6.07, 6.45) is 0.928. The van der Waals surface area contributed by atoms with Crippen LogP contribution in [0, 0.1) is 0 Å². The largest absolute Gasteiger partial charge is 0.350 e. The summed E-state index contributed by atoms with van der Waals surface area (Å²) >= 11 is 0. The number of para-hydroxylation sites is 1. The molecule has 3 rings (SSSR count). The van der Waals surface area contributed by atoms with E-state index in [9.17, 15) is 0 Å². The average molecular weight is 264 g/mol. The van der Waals surface area contributed by atoms with E-state index in [2.05, 4.69) is 51.7 Å².